The van der Waals surface area contributed by atoms with Crippen LogP contribution in [0.15, 0.2) is 24.7 Å². The van der Waals surface area contributed by atoms with Crippen LogP contribution in [-0.2, 0) is 13.5 Å². The van der Waals surface area contributed by atoms with Gasteiger partial charge in [0.2, 0.25) is 5.95 Å². The molecule has 0 fully saturated rings. The van der Waals surface area contributed by atoms with Crippen molar-refractivity contribution in [3.05, 3.63) is 47.5 Å². The summed E-state index contributed by atoms with van der Waals surface area (Å²) in [5.74, 6) is -3.18. The van der Waals surface area contributed by atoms with E-state index in [1.54, 1.807) is 17.9 Å². The molecule has 2 heterocycles. The highest BCUT2D eigenvalue weighted by Gasteiger charge is 2.15. The molecular weight excluding hydrogens is 254 g/mol. The van der Waals surface area contributed by atoms with Crippen molar-refractivity contribution < 1.29 is 13.6 Å². The second-order valence-corrected chi connectivity index (χ2v) is 3.99. The van der Waals surface area contributed by atoms with E-state index in [2.05, 4.69) is 15.4 Å². The lowest BCUT2D eigenvalue weighted by atomic mass is 10.2. The van der Waals surface area contributed by atoms with Gasteiger partial charge in [-0.1, -0.05) is 0 Å². The van der Waals surface area contributed by atoms with E-state index in [4.69, 9.17) is 0 Å². The smallest absolute Gasteiger partial charge is 0.254 e. The van der Waals surface area contributed by atoms with Crippen molar-refractivity contribution in [3.8, 4) is 0 Å². The monoisotopic (exact) mass is 266 g/mol. The van der Waals surface area contributed by atoms with E-state index in [0.717, 1.165) is 17.8 Å². The zero-order chi connectivity index (χ0) is 13.8. The van der Waals surface area contributed by atoms with E-state index in [-0.39, 0.29) is 5.56 Å². The van der Waals surface area contributed by atoms with Gasteiger partial charge in [0.1, 0.15) is 0 Å². The largest absolute Gasteiger partial charge is 0.352 e. The SMILES string of the molecule is Cn1cc(CCNC(=O)c2ccnc(F)c2F)cn1. The number of amides is 1. The van der Waals surface area contributed by atoms with Gasteiger partial charge in [0.05, 0.1) is 11.8 Å². The molecule has 0 radical (unpaired) electrons. The number of carbonyl (C=O) groups excluding carboxylic acids is 1. The molecule has 2 aromatic heterocycles. The second-order valence-electron chi connectivity index (χ2n) is 3.99. The Hall–Kier alpha value is -2.31. The number of nitrogens with zero attached hydrogens (tertiary/aromatic N) is 3. The van der Waals surface area contributed by atoms with Crippen LogP contribution in [0.25, 0.3) is 0 Å². The Kier molecular flexibility index (Phi) is 3.84. The summed E-state index contributed by atoms with van der Waals surface area (Å²) in [5, 5.41) is 6.50. The summed E-state index contributed by atoms with van der Waals surface area (Å²) in [5.41, 5.74) is 0.600. The molecule has 0 spiro atoms. The number of nitrogens with one attached hydrogen (secondary N) is 1. The summed E-state index contributed by atoms with van der Waals surface area (Å²) in [6.45, 7) is 0.313. The number of rotatable bonds is 4. The Balaban J connectivity index is 1.93. The van der Waals surface area contributed by atoms with Gasteiger partial charge in [0, 0.05) is 26.0 Å². The van der Waals surface area contributed by atoms with Crippen LogP contribution >= 0.6 is 0 Å². The molecule has 1 amide bonds. The molecule has 0 aliphatic heterocycles. The minimum Gasteiger partial charge on any atom is -0.352 e. The normalized spacial score (nSPS) is 10.5. The third-order valence-corrected chi connectivity index (χ3v) is 2.55. The third-order valence-electron chi connectivity index (χ3n) is 2.55. The Bertz CT molecular complexity index is 597. The van der Waals surface area contributed by atoms with Crippen molar-refractivity contribution in [3.63, 3.8) is 0 Å². The van der Waals surface area contributed by atoms with E-state index in [9.17, 15) is 13.6 Å². The van der Waals surface area contributed by atoms with Gasteiger partial charge in [0.15, 0.2) is 5.82 Å². The number of hydrogen-bond acceptors (Lipinski definition) is 3. The molecule has 5 nitrogen and oxygen atoms in total. The number of aryl methyl sites for hydroxylation is 1. The van der Waals surface area contributed by atoms with Crippen LogP contribution in [0, 0.1) is 11.8 Å². The fourth-order valence-electron chi connectivity index (χ4n) is 1.61. The van der Waals surface area contributed by atoms with Crippen molar-refractivity contribution in [2.75, 3.05) is 6.54 Å². The quantitative estimate of drug-likeness (QED) is 0.842. The number of hydrogen-bond donors (Lipinski definition) is 1. The molecule has 0 atom stereocenters. The first-order valence-corrected chi connectivity index (χ1v) is 5.63. The van der Waals surface area contributed by atoms with Crippen LogP contribution in [0.2, 0.25) is 0 Å². The third kappa shape index (κ3) is 3.12. The molecule has 0 bridgehead atoms. The highest BCUT2D eigenvalue weighted by atomic mass is 19.2. The summed E-state index contributed by atoms with van der Waals surface area (Å²) in [6, 6.07) is 1.14. The molecule has 2 aromatic rings. The van der Waals surface area contributed by atoms with Crippen molar-refractivity contribution >= 4 is 5.91 Å². The average molecular weight is 266 g/mol. The molecule has 0 aliphatic carbocycles. The zero-order valence-electron chi connectivity index (χ0n) is 10.2. The van der Waals surface area contributed by atoms with Crippen LogP contribution in [-0.4, -0.2) is 27.2 Å². The average Bonchev–Trinajstić information content (AvgIpc) is 2.78. The molecule has 7 heteroatoms. The van der Waals surface area contributed by atoms with Crippen LogP contribution in [0.1, 0.15) is 15.9 Å². The van der Waals surface area contributed by atoms with Crippen LogP contribution in [0.3, 0.4) is 0 Å². The summed E-state index contributed by atoms with van der Waals surface area (Å²) in [7, 11) is 1.79. The van der Waals surface area contributed by atoms with Gasteiger partial charge in [-0.25, -0.2) is 9.37 Å². The highest BCUT2D eigenvalue weighted by Crippen LogP contribution is 2.08. The minimum atomic E-state index is -1.28. The lowest BCUT2D eigenvalue weighted by Crippen LogP contribution is -2.27. The standard InChI is InChI=1S/C12H12F2N4O/c1-18-7-8(6-17-18)2-4-16-12(19)9-3-5-15-11(14)10(9)13/h3,5-7H,2,4H2,1H3,(H,16,19). The number of carbonyl (C=O) groups is 1. The number of pyridine rings is 1. The fourth-order valence-corrected chi connectivity index (χ4v) is 1.61. The summed E-state index contributed by atoms with van der Waals surface area (Å²) >= 11 is 0. The minimum absolute atomic E-state index is 0.313. The first kappa shape index (κ1) is 13.1. The number of halogens is 2. The first-order valence-electron chi connectivity index (χ1n) is 5.63. The molecule has 0 saturated carbocycles. The Morgan fingerprint density at radius 2 is 2.26 bits per heavy atom. The summed E-state index contributed by atoms with van der Waals surface area (Å²) in [4.78, 5) is 14.8. The van der Waals surface area contributed by atoms with E-state index in [1.807, 2.05) is 6.20 Å². The Morgan fingerprint density at radius 1 is 1.47 bits per heavy atom. The lowest BCUT2D eigenvalue weighted by molar-refractivity contribution is 0.0948. The van der Waals surface area contributed by atoms with Gasteiger partial charge in [-0.05, 0) is 18.1 Å². The maximum atomic E-state index is 13.3. The molecule has 19 heavy (non-hydrogen) atoms. The second kappa shape index (κ2) is 5.55. The molecule has 1 N–H and O–H groups in total. The van der Waals surface area contributed by atoms with E-state index < -0.39 is 17.7 Å². The van der Waals surface area contributed by atoms with Crippen molar-refractivity contribution in [1.29, 1.82) is 0 Å². The van der Waals surface area contributed by atoms with E-state index in [1.165, 1.54) is 0 Å². The molecule has 100 valence electrons. The molecule has 0 aromatic carbocycles. The topological polar surface area (TPSA) is 59.8 Å². The van der Waals surface area contributed by atoms with Gasteiger partial charge < -0.3 is 5.32 Å². The highest BCUT2D eigenvalue weighted by molar-refractivity contribution is 5.94. The van der Waals surface area contributed by atoms with Crippen LogP contribution < -0.4 is 5.32 Å². The van der Waals surface area contributed by atoms with Gasteiger partial charge in [0.25, 0.3) is 5.91 Å². The molecule has 0 aliphatic rings. The lowest BCUT2D eigenvalue weighted by Gasteiger charge is -2.05. The molecular formula is C12H12F2N4O. The molecule has 0 unspecified atom stereocenters. The Labute approximate surface area is 108 Å². The maximum absolute atomic E-state index is 13.3. The Morgan fingerprint density at radius 3 is 2.95 bits per heavy atom. The van der Waals surface area contributed by atoms with Gasteiger partial charge >= 0.3 is 0 Å². The number of aromatic nitrogens is 3. The first-order chi connectivity index (χ1) is 9.08. The molecule has 2 rings (SSSR count). The summed E-state index contributed by atoms with van der Waals surface area (Å²) in [6.07, 6.45) is 5.11. The van der Waals surface area contributed by atoms with Crippen LogP contribution in [0.5, 0.6) is 0 Å². The predicted molar refractivity (Wildman–Crippen MR) is 63.4 cm³/mol. The van der Waals surface area contributed by atoms with E-state index in [0.29, 0.717) is 13.0 Å². The zero-order valence-corrected chi connectivity index (χ0v) is 10.2. The van der Waals surface area contributed by atoms with Crippen molar-refractivity contribution in [2.24, 2.45) is 7.05 Å². The van der Waals surface area contributed by atoms with Crippen LogP contribution in [0.4, 0.5) is 8.78 Å². The van der Waals surface area contributed by atoms with Crippen molar-refractivity contribution in [1.82, 2.24) is 20.1 Å². The van der Waals surface area contributed by atoms with E-state index >= 15 is 0 Å². The molecule has 0 saturated heterocycles. The fraction of sp³-hybridized carbons (Fsp3) is 0.250. The van der Waals surface area contributed by atoms with Crippen molar-refractivity contribution in [2.45, 2.75) is 6.42 Å². The predicted octanol–water partition coefficient (Wildman–Crippen LogP) is 1.07. The van der Waals surface area contributed by atoms with Gasteiger partial charge in [-0.2, -0.15) is 9.49 Å². The van der Waals surface area contributed by atoms with Gasteiger partial charge in [-0.15, -0.1) is 0 Å². The van der Waals surface area contributed by atoms with Gasteiger partial charge in [-0.3, -0.25) is 9.48 Å². The maximum Gasteiger partial charge on any atom is 0.254 e. The summed E-state index contributed by atoms with van der Waals surface area (Å²) < 4.78 is 27.8.